The first-order valence-electron chi connectivity index (χ1n) is 8.38. The Labute approximate surface area is 146 Å². The number of pyridine rings is 1. The summed E-state index contributed by atoms with van der Waals surface area (Å²) in [6.45, 7) is 3.70. The van der Waals surface area contributed by atoms with Gasteiger partial charge in [-0.3, -0.25) is 9.67 Å². The lowest BCUT2D eigenvalue weighted by Gasteiger charge is -2.05. The van der Waals surface area contributed by atoms with Gasteiger partial charge in [0.05, 0.1) is 12.2 Å². The zero-order valence-corrected chi connectivity index (χ0v) is 14.1. The lowest BCUT2D eigenvalue weighted by Crippen LogP contribution is -2.08. The Morgan fingerprint density at radius 1 is 0.920 bits per heavy atom. The molecule has 25 heavy (non-hydrogen) atoms. The summed E-state index contributed by atoms with van der Waals surface area (Å²) in [7, 11) is 0. The van der Waals surface area contributed by atoms with Crippen LogP contribution in [0.25, 0.3) is 22.4 Å². The number of benzene rings is 1. The predicted octanol–water partition coefficient (Wildman–Crippen LogP) is 3.88. The number of rotatable bonds is 5. The summed E-state index contributed by atoms with van der Waals surface area (Å²) in [5.41, 5.74) is 4.30. The van der Waals surface area contributed by atoms with Gasteiger partial charge in [0.25, 0.3) is 0 Å². The molecule has 0 unspecified atom stereocenters. The molecule has 0 bridgehead atoms. The van der Waals surface area contributed by atoms with Gasteiger partial charge in [-0.05, 0) is 30.7 Å². The Bertz CT molecular complexity index is 968. The zero-order chi connectivity index (χ0) is 17.1. The molecule has 5 nitrogen and oxygen atoms in total. The number of aryl methyl sites for hydroxylation is 1. The second-order valence-corrected chi connectivity index (χ2v) is 5.85. The van der Waals surface area contributed by atoms with E-state index in [0.717, 1.165) is 34.8 Å². The van der Waals surface area contributed by atoms with E-state index >= 15 is 0 Å². The molecule has 0 fully saturated rings. The first-order valence-corrected chi connectivity index (χ1v) is 8.38. The molecule has 0 N–H and O–H groups in total. The number of hydrogen-bond donors (Lipinski definition) is 0. The van der Waals surface area contributed by atoms with Crippen molar-refractivity contribution in [3.8, 4) is 22.4 Å². The van der Waals surface area contributed by atoms with Gasteiger partial charge in [-0.25, -0.2) is 4.98 Å². The highest BCUT2D eigenvalue weighted by atomic mass is 15.3. The maximum absolute atomic E-state index is 4.71. The van der Waals surface area contributed by atoms with Crippen LogP contribution in [-0.2, 0) is 13.1 Å². The SMILES string of the molecule is CCn1ccnc1Cn1ccc(-c2cccc(-c3cccnc3)c2)n1. The van der Waals surface area contributed by atoms with Gasteiger partial charge in [-0.1, -0.05) is 24.3 Å². The number of aromatic nitrogens is 5. The van der Waals surface area contributed by atoms with E-state index in [0.29, 0.717) is 6.54 Å². The Kier molecular flexibility index (Phi) is 4.12. The summed E-state index contributed by atoms with van der Waals surface area (Å²) >= 11 is 0. The fourth-order valence-electron chi connectivity index (χ4n) is 2.92. The molecular weight excluding hydrogens is 310 g/mol. The fourth-order valence-corrected chi connectivity index (χ4v) is 2.92. The molecule has 3 heterocycles. The maximum atomic E-state index is 4.71. The van der Waals surface area contributed by atoms with E-state index in [9.17, 15) is 0 Å². The molecule has 1 aromatic carbocycles. The van der Waals surface area contributed by atoms with Crippen molar-refractivity contribution in [2.24, 2.45) is 0 Å². The standard InChI is InChI=1S/C20H19N5/c1-2-24-12-10-22-20(24)15-25-11-8-19(23-25)17-6-3-5-16(13-17)18-7-4-9-21-14-18/h3-14H,2,15H2,1H3. The van der Waals surface area contributed by atoms with Crippen LogP contribution in [0, 0.1) is 0 Å². The smallest absolute Gasteiger partial charge is 0.130 e. The first kappa shape index (κ1) is 15.3. The number of imidazole rings is 1. The Morgan fingerprint density at radius 2 is 1.80 bits per heavy atom. The average Bonchev–Trinajstić information content (AvgIpc) is 3.32. The van der Waals surface area contributed by atoms with Crippen molar-refractivity contribution in [3.05, 3.63) is 79.3 Å². The van der Waals surface area contributed by atoms with Crippen LogP contribution in [0.3, 0.4) is 0 Å². The minimum atomic E-state index is 0.670. The highest BCUT2D eigenvalue weighted by Crippen LogP contribution is 2.24. The molecule has 0 aliphatic heterocycles. The largest absolute Gasteiger partial charge is 0.334 e. The van der Waals surface area contributed by atoms with Crippen LogP contribution in [-0.4, -0.2) is 24.3 Å². The molecule has 0 radical (unpaired) electrons. The molecule has 0 spiro atoms. The third-order valence-electron chi connectivity index (χ3n) is 4.24. The first-order chi connectivity index (χ1) is 12.3. The summed E-state index contributed by atoms with van der Waals surface area (Å²) in [4.78, 5) is 8.61. The number of hydrogen-bond acceptors (Lipinski definition) is 3. The summed E-state index contributed by atoms with van der Waals surface area (Å²) in [5, 5.41) is 4.71. The normalized spacial score (nSPS) is 10.9. The third kappa shape index (κ3) is 3.21. The van der Waals surface area contributed by atoms with E-state index in [2.05, 4.69) is 51.8 Å². The average molecular weight is 329 g/mol. The van der Waals surface area contributed by atoms with Crippen LogP contribution in [0.1, 0.15) is 12.7 Å². The second-order valence-electron chi connectivity index (χ2n) is 5.85. The molecule has 0 atom stereocenters. The van der Waals surface area contributed by atoms with Crippen LogP contribution in [0.5, 0.6) is 0 Å². The van der Waals surface area contributed by atoms with Gasteiger partial charge in [0.1, 0.15) is 5.82 Å². The van der Waals surface area contributed by atoms with Crippen molar-refractivity contribution in [1.29, 1.82) is 0 Å². The van der Waals surface area contributed by atoms with Gasteiger partial charge in [0.2, 0.25) is 0 Å². The molecule has 0 aliphatic carbocycles. The summed E-state index contributed by atoms with van der Waals surface area (Å²) < 4.78 is 4.06. The molecule has 124 valence electrons. The summed E-state index contributed by atoms with van der Waals surface area (Å²) in [6.07, 6.45) is 9.50. The molecular formula is C20H19N5. The van der Waals surface area contributed by atoms with Crippen molar-refractivity contribution < 1.29 is 0 Å². The maximum Gasteiger partial charge on any atom is 0.130 e. The molecule has 0 amide bonds. The van der Waals surface area contributed by atoms with Crippen LogP contribution < -0.4 is 0 Å². The van der Waals surface area contributed by atoms with Crippen molar-refractivity contribution in [1.82, 2.24) is 24.3 Å². The second kappa shape index (κ2) is 6.73. The molecule has 0 saturated heterocycles. The van der Waals surface area contributed by atoms with Gasteiger partial charge >= 0.3 is 0 Å². The highest BCUT2D eigenvalue weighted by molar-refractivity contribution is 5.70. The van der Waals surface area contributed by atoms with E-state index < -0.39 is 0 Å². The minimum Gasteiger partial charge on any atom is -0.334 e. The van der Waals surface area contributed by atoms with E-state index in [1.54, 1.807) is 6.20 Å². The van der Waals surface area contributed by atoms with Crippen molar-refractivity contribution in [3.63, 3.8) is 0 Å². The van der Waals surface area contributed by atoms with Crippen LogP contribution in [0.4, 0.5) is 0 Å². The van der Waals surface area contributed by atoms with E-state index in [4.69, 9.17) is 5.10 Å². The van der Waals surface area contributed by atoms with Gasteiger partial charge in [0.15, 0.2) is 0 Å². The minimum absolute atomic E-state index is 0.670. The highest BCUT2D eigenvalue weighted by Gasteiger charge is 2.07. The molecule has 4 rings (SSSR count). The summed E-state index contributed by atoms with van der Waals surface area (Å²) in [6, 6.07) is 14.4. The van der Waals surface area contributed by atoms with Crippen LogP contribution in [0.2, 0.25) is 0 Å². The van der Waals surface area contributed by atoms with Crippen LogP contribution >= 0.6 is 0 Å². The lowest BCUT2D eigenvalue weighted by molar-refractivity contribution is 0.608. The predicted molar refractivity (Wildman–Crippen MR) is 97.9 cm³/mol. The number of nitrogens with zero attached hydrogens (tertiary/aromatic N) is 5. The quantitative estimate of drug-likeness (QED) is 0.558. The fraction of sp³-hybridized carbons (Fsp3) is 0.150. The zero-order valence-electron chi connectivity index (χ0n) is 14.1. The van der Waals surface area contributed by atoms with Crippen LogP contribution in [0.15, 0.2) is 73.4 Å². The molecule has 4 aromatic rings. The van der Waals surface area contributed by atoms with Gasteiger partial charge in [-0.2, -0.15) is 5.10 Å². The monoisotopic (exact) mass is 329 g/mol. The Morgan fingerprint density at radius 3 is 2.64 bits per heavy atom. The lowest BCUT2D eigenvalue weighted by atomic mass is 10.0. The summed E-state index contributed by atoms with van der Waals surface area (Å²) in [5.74, 6) is 1.02. The molecule has 0 aliphatic rings. The van der Waals surface area contributed by atoms with Crippen molar-refractivity contribution in [2.45, 2.75) is 20.0 Å². The third-order valence-corrected chi connectivity index (χ3v) is 4.24. The molecule has 0 saturated carbocycles. The topological polar surface area (TPSA) is 48.5 Å². The Hall–Kier alpha value is -3.21. The van der Waals surface area contributed by atoms with E-state index in [1.807, 2.05) is 41.6 Å². The molecule has 5 heteroatoms. The van der Waals surface area contributed by atoms with Gasteiger partial charge in [0, 0.05) is 48.7 Å². The van der Waals surface area contributed by atoms with E-state index in [-0.39, 0.29) is 0 Å². The van der Waals surface area contributed by atoms with Gasteiger partial charge < -0.3 is 4.57 Å². The van der Waals surface area contributed by atoms with Gasteiger partial charge in [-0.15, -0.1) is 0 Å². The Balaban J connectivity index is 1.60. The van der Waals surface area contributed by atoms with Crippen molar-refractivity contribution >= 4 is 0 Å². The van der Waals surface area contributed by atoms with Crippen molar-refractivity contribution in [2.75, 3.05) is 0 Å². The van der Waals surface area contributed by atoms with E-state index in [1.165, 1.54) is 0 Å². The molecule has 3 aromatic heterocycles.